The van der Waals surface area contributed by atoms with Crippen molar-refractivity contribution in [2.45, 2.75) is 25.1 Å². The number of amides is 1. The molecule has 0 aliphatic carbocycles. The number of benzene rings is 2. The Morgan fingerprint density at radius 3 is 2.43 bits per heavy atom. The van der Waals surface area contributed by atoms with E-state index in [2.05, 4.69) is 45.3 Å². The van der Waals surface area contributed by atoms with Crippen LogP contribution in [-0.4, -0.2) is 55.9 Å². The fourth-order valence-electron chi connectivity index (χ4n) is 4.25. The minimum atomic E-state index is -5.08. The third-order valence-corrected chi connectivity index (χ3v) is 6.08. The first-order valence-corrected chi connectivity index (χ1v) is 11.4. The molecule has 1 atom stereocenters. The Balaban J connectivity index is 0.000000405. The maximum atomic E-state index is 11.6. The summed E-state index contributed by atoms with van der Waals surface area (Å²) in [6, 6.07) is 18.1. The van der Waals surface area contributed by atoms with Gasteiger partial charge in [-0.15, -0.1) is 0 Å². The molecule has 1 unspecified atom stereocenters. The van der Waals surface area contributed by atoms with Crippen molar-refractivity contribution >= 4 is 22.8 Å². The lowest BCUT2D eigenvalue weighted by atomic mass is 10.0. The lowest BCUT2D eigenvalue weighted by Gasteiger charge is -2.16. The SMILES string of the molecule is NC(=O)c1cccc2cn(-c3ccc(CN4CCC(c5cccnc5)C4)cc3)nc12.O=C(O)C(F)(F)F. The van der Waals surface area contributed by atoms with Gasteiger partial charge in [-0.3, -0.25) is 14.7 Å². The summed E-state index contributed by atoms with van der Waals surface area (Å²) >= 11 is 0. The maximum Gasteiger partial charge on any atom is 0.490 e. The Labute approximate surface area is 210 Å². The van der Waals surface area contributed by atoms with Crippen LogP contribution in [0.3, 0.4) is 0 Å². The molecule has 11 heteroatoms. The van der Waals surface area contributed by atoms with Crippen molar-refractivity contribution < 1.29 is 27.9 Å². The Bertz CT molecular complexity index is 1390. The fourth-order valence-corrected chi connectivity index (χ4v) is 4.25. The van der Waals surface area contributed by atoms with E-state index in [0.29, 0.717) is 17.0 Å². The van der Waals surface area contributed by atoms with E-state index in [1.54, 1.807) is 10.7 Å². The van der Waals surface area contributed by atoms with Crippen molar-refractivity contribution in [3.63, 3.8) is 0 Å². The lowest BCUT2D eigenvalue weighted by Crippen LogP contribution is -2.21. The molecule has 1 amide bonds. The van der Waals surface area contributed by atoms with Crippen molar-refractivity contribution in [2.24, 2.45) is 5.73 Å². The zero-order chi connectivity index (χ0) is 26.6. The van der Waals surface area contributed by atoms with E-state index in [1.165, 1.54) is 17.5 Å². The lowest BCUT2D eigenvalue weighted by molar-refractivity contribution is -0.192. The third kappa shape index (κ3) is 6.31. The number of hydrogen-bond acceptors (Lipinski definition) is 5. The number of hydrogen-bond donors (Lipinski definition) is 2. The predicted molar refractivity (Wildman–Crippen MR) is 130 cm³/mol. The molecule has 3 N–H and O–H groups in total. The molecule has 0 spiro atoms. The minimum absolute atomic E-state index is 0.445. The zero-order valence-corrected chi connectivity index (χ0v) is 19.6. The number of likely N-dealkylation sites (tertiary alicyclic amines) is 1. The van der Waals surface area contributed by atoms with Crippen molar-refractivity contribution in [3.05, 3.63) is 89.9 Å². The number of nitrogens with zero attached hydrogens (tertiary/aromatic N) is 4. The number of pyridine rings is 1. The van der Waals surface area contributed by atoms with Crippen LogP contribution in [0.4, 0.5) is 13.2 Å². The largest absolute Gasteiger partial charge is 0.490 e. The molecule has 0 saturated carbocycles. The van der Waals surface area contributed by atoms with Crippen LogP contribution in [0.2, 0.25) is 0 Å². The zero-order valence-electron chi connectivity index (χ0n) is 19.6. The number of carbonyl (C=O) groups excluding carboxylic acids is 1. The number of alkyl halides is 3. The van der Waals surface area contributed by atoms with Crippen molar-refractivity contribution in [1.29, 1.82) is 0 Å². The molecule has 1 fully saturated rings. The molecular weight excluding hydrogens is 487 g/mol. The van der Waals surface area contributed by atoms with Crippen LogP contribution in [0.25, 0.3) is 16.6 Å². The molecule has 37 heavy (non-hydrogen) atoms. The summed E-state index contributed by atoms with van der Waals surface area (Å²) in [5, 5.41) is 12.6. The molecule has 8 nitrogen and oxygen atoms in total. The topological polar surface area (TPSA) is 114 Å². The molecule has 1 aliphatic heterocycles. The number of aliphatic carboxylic acids is 1. The molecule has 2 aromatic heterocycles. The number of fused-ring (bicyclic) bond motifs is 1. The standard InChI is InChI=1S/C24H23N5O.C2HF3O2/c25-24(30)22-5-1-3-20-16-29(27-23(20)22)21-8-6-17(7-9-21)14-28-12-10-19(15-28)18-4-2-11-26-13-18;3-2(4,5)1(6)7/h1-9,11,13,16,19H,10,12,14-15H2,(H2,25,30);(H,6,7). The molecule has 1 saturated heterocycles. The number of carboxylic acids is 1. The quantitative estimate of drug-likeness (QED) is 0.416. The normalized spacial score (nSPS) is 15.8. The van der Waals surface area contributed by atoms with Crippen molar-refractivity contribution in [1.82, 2.24) is 19.7 Å². The first-order valence-electron chi connectivity index (χ1n) is 11.4. The number of rotatable bonds is 5. The molecule has 4 aromatic rings. The smallest absolute Gasteiger partial charge is 0.475 e. The maximum absolute atomic E-state index is 11.6. The molecule has 0 bridgehead atoms. The van der Waals surface area contributed by atoms with E-state index in [9.17, 15) is 18.0 Å². The number of nitrogens with two attached hydrogens (primary N) is 1. The summed E-state index contributed by atoms with van der Waals surface area (Å²) in [6.07, 6.45) is 1.83. The third-order valence-electron chi connectivity index (χ3n) is 6.08. The van der Waals surface area contributed by atoms with Gasteiger partial charge in [-0.1, -0.05) is 30.3 Å². The molecule has 1 aliphatic rings. The monoisotopic (exact) mass is 511 g/mol. The van der Waals surface area contributed by atoms with Gasteiger partial charge in [-0.05, 0) is 54.3 Å². The highest BCUT2D eigenvalue weighted by Crippen LogP contribution is 2.28. The highest BCUT2D eigenvalue weighted by Gasteiger charge is 2.38. The van der Waals surface area contributed by atoms with E-state index >= 15 is 0 Å². The van der Waals surface area contributed by atoms with E-state index < -0.39 is 18.1 Å². The Morgan fingerprint density at radius 1 is 1.08 bits per heavy atom. The summed E-state index contributed by atoms with van der Waals surface area (Å²) in [5.41, 5.74) is 10.1. The molecule has 3 heterocycles. The van der Waals surface area contributed by atoms with Crippen LogP contribution >= 0.6 is 0 Å². The molecule has 5 rings (SSSR count). The van der Waals surface area contributed by atoms with Crippen LogP contribution in [0.5, 0.6) is 0 Å². The Morgan fingerprint density at radius 2 is 1.81 bits per heavy atom. The second-order valence-electron chi connectivity index (χ2n) is 8.66. The van der Waals surface area contributed by atoms with Crippen LogP contribution in [0.1, 0.15) is 33.8 Å². The fraction of sp³-hybridized carbons (Fsp3) is 0.231. The summed E-state index contributed by atoms with van der Waals surface area (Å²) in [5.74, 6) is -2.65. The van der Waals surface area contributed by atoms with E-state index in [1.807, 2.05) is 36.8 Å². The average Bonchev–Trinajstić information content (AvgIpc) is 3.52. The van der Waals surface area contributed by atoms with Crippen LogP contribution in [-0.2, 0) is 11.3 Å². The highest BCUT2D eigenvalue weighted by atomic mass is 19.4. The summed E-state index contributed by atoms with van der Waals surface area (Å²) in [7, 11) is 0. The van der Waals surface area contributed by atoms with Gasteiger partial charge in [0.1, 0.15) is 5.52 Å². The first kappa shape index (κ1) is 25.8. The van der Waals surface area contributed by atoms with Crippen molar-refractivity contribution in [3.8, 4) is 5.69 Å². The molecular formula is C26H24F3N5O3. The van der Waals surface area contributed by atoms with E-state index in [4.69, 9.17) is 15.6 Å². The van der Waals surface area contributed by atoms with Crippen LogP contribution < -0.4 is 5.73 Å². The van der Waals surface area contributed by atoms with Gasteiger partial charge in [0.15, 0.2) is 0 Å². The van der Waals surface area contributed by atoms with Gasteiger partial charge >= 0.3 is 12.1 Å². The van der Waals surface area contributed by atoms with Gasteiger partial charge in [0, 0.05) is 37.1 Å². The second kappa shape index (κ2) is 10.8. The highest BCUT2D eigenvalue weighted by molar-refractivity contribution is 6.04. The van der Waals surface area contributed by atoms with Gasteiger partial charge in [0.25, 0.3) is 5.91 Å². The molecule has 2 aromatic carbocycles. The van der Waals surface area contributed by atoms with Crippen LogP contribution in [0.15, 0.2) is 73.2 Å². The number of carbonyl (C=O) groups is 2. The number of aromatic nitrogens is 3. The summed E-state index contributed by atoms with van der Waals surface area (Å²) < 4.78 is 33.5. The second-order valence-corrected chi connectivity index (χ2v) is 8.66. The van der Waals surface area contributed by atoms with Gasteiger partial charge in [0.05, 0.1) is 11.3 Å². The van der Waals surface area contributed by atoms with E-state index in [-0.39, 0.29) is 0 Å². The first-order chi connectivity index (χ1) is 17.6. The molecule has 192 valence electrons. The van der Waals surface area contributed by atoms with E-state index in [0.717, 1.165) is 30.7 Å². The van der Waals surface area contributed by atoms with Gasteiger partial charge in [-0.2, -0.15) is 18.3 Å². The number of halogens is 3. The minimum Gasteiger partial charge on any atom is -0.475 e. The summed E-state index contributed by atoms with van der Waals surface area (Å²) in [4.78, 5) is 27.3. The number of primary amides is 1. The average molecular weight is 512 g/mol. The van der Waals surface area contributed by atoms with Crippen molar-refractivity contribution in [2.75, 3.05) is 13.1 Å². The van der Waals surface area contributed by atoms with Crippen LogP contribution in [0, 0.1) is 0 Å². The van der Waals surface area contributed by atoms with Gasteiger partial charge < -0.3 is 10.8 Å². The predicted octanol–water partition coefficient (Wildman–Crippen LogP) is 4.14. The Kier molecular flexibility index (Phi) is 7.53. The van der Waals surface area contributed by atoms with Gasteiger partial charge in [-0.25, -0.2) is 9.48 Å². The number of carboxylic acid groups (broad SMARTS) is 1. The van der Waals surface area contributed by atoms with Gasteiger partial charge in [0.2, 0.25) is 0 Å². The summed E-state index contributed by atoms with van der Waals surface area (Å²) in [6.45, 7) is 3.10. The molecule has 0 radical (unpaired) electrons. The Hall–Kier alpha value is -4.25.